The van der Waals surface area contributed by atoms with E-state index in [-0.39, 0.29) is 28.5 Å². The Balaban J connectivity index is 1.36. The zero-order valence-electron chi connectivity index (χ0n) is 19.8. The van der Waals surface area contributed by atoms with Crippen molar-refractivity contribution in [1.29, 1.82) is 0 Å². The number of hydrogen-bond acceptors (Lipinski definition) is 6. The van der Waals surface area contributed by atoms with Crippen LogP contribution in [0.15, 0.2) is 82.6 Å². The quantitative estimate of drug-likeness (QED) is 0.297. The number of fused-ring (bicyclic) bond motifs is 2. The maximum absolute atomic E-state index is 15.0. The predicted molar refractivity (Wildman–Crippen MR) is 139 cm³/mol. The number of nitrogens with zero attached hydrogens (tertiary/aromatic N) is 3. The smallest absolute Gasteiger partial charge is 0.325 e. The number of benzene rings is 2. The fourth-order valence-corrected chi connectivity index (χ4v) is 4.30. The van der Waals surface area contributed by atoms with Gasteiger partial charge in [0.25, 0.3) is 5.56 Å². The first kappa shape index (κ1) is 23.1. The van der Waals surface area contributed by atoms with Gasteiger partial charge in [-0.1, -0.05) is 0 Å². The first-order valence-corrected chi connectivity index (χ1v) is 11.5. The molecule has 4 heterocycles. The van der Waals surface area contributed by atoms with Crippen LogP contribution < -0.4 is 21.3 Å². The average Bonchev–Trinajstić information content (AvgIpc) is 3.28. The lowest BCUT2D eigenvalue weighted by Gasteiger charge is -2.15. The van der Waals surface area contributed by atoms with Crippen LogP contribution in [0.3, 0.4) is 0 Å². The van der Waals surface area contributed by atoms with Gasteiger partial charge in [-0.25, -0.2) is 23.5 Å². The van der Waals surface area contributed by atoms with Crippen molar-refractivity contribution in [2.24, 2.45) is 0 Å². The number of aryl methyl sites for hydroxylation is 1. The first-order valence-electron chi connectivity index (χ1n) is 11.5. The summed E-state index contributed by atoms with van der Waals surface area (Å²) in [7, 11) is 0. The van der Waals surface area contributed by atoms with Crippen molar-refractivity contribution in [3.8, 4) is 17.2 Å². The summed E-state index contributed by atoms with van der Waals surface area (Å²) in [6, 6.07) is 14.8. The number of nitrogens with one attached hydrogen (secondary N) is 3. The number of rotatable bonds is 5. The van der Waals surface area contributed by atoms with Crippen LogP contribution >= 0.6 is 0 Å². The SMILES string of the molecule is Cc1cc2ccnc(Nc3ccc(Oc4ccnc5[nH]c(=O)[nH]c45)c(F)c3)c2c(=O)n1-c1ccc(F)cc1. The normalized spacial score (nSPS) is 11.2. The molecule has 188 valence electrons. The third-order valence-corrected chi connectivity index (χ3v) is 6.00. The van der Waals surface area contributed by atoms with Crippen molar-refractivity contribution in [3.63, 3.8) is 0 Å². The van der Waals surface area contributed by atoms with Gasteiger partial charge in [0.1, 0.15) is 17.2 Å². The Bertz CT molecular complexity index is 1960. The molecule has 0 aliphatic heterocycles. The van der Waals surface area contributed by atoms with Gasteiger partial charge in [-0.05, 0) is 60.8 Å². The highest BCUT2D eigenvalue weighted by Gasteiger charge is 2.15. The largest absolute Gasteiger partial charge is 0.452 e. The second-order valence-corrected chi connectivity index (χ2v) is 8.51. The van der Waals surface area contributed by atoms with E-state index in [1.807, 2.05) is 6.07 Å². The van der Waals surface area contributed by atoms with Crippen molar-refractivity contribution < 1.29 is 13.5 Å². The first-order chi connectivity index (χ1) is 18.4. The lowest BCUT2D eigenvalue weighted by molar-refractivity contribution is 0.445. The average molecular weight is 512 g/mol. The van der Waals surface area contributed by atoms with Crippen LogP contribution in [0.5, 0.6) is 11.5 Å². The number of halogens is 2. The molecule has 0 saturated heterocycles. The second kappa shape index (κ2) is 8.96. The summed E-state index contributed by atoms with van der Waals surface area (Å²) in [6.45, 7) is 1.78. The monoisotopic (exact) mass is 512 g/mol. The standard InChI is InChI=1S/C27H18F2N6O3/c1-14-12-15-8-10-30-24(22(15)26(36)35(14)18-5-2-16(28)3-6-18)32-17-4-7-20(19(29)13-17)38-21-9-11-31-25-23(21)33-27(37)34-25/h2-13H,1H3,(H,30,32)(H2,31,33,34,37). The number of aromatic amines is 2. The van der Waals surface area contributed by atoms with Gasteiger partial charge in [0.05, 0.1) is 5.39 Å². The van der Waals surface area contributed by atoms with Gasteiger partial charge in [-0.15, -0.1) is 0 Å². The van der Waals surface area contributed by atoms with Gasteiger partial charge in [-0.3, -0.25) is 14.3 Å². The molecular weight excluding hydrogens is 494 g/mol. The number of hydrogen-bond donors (Lipinski definition) is 3. The molecule has 38 heavy (non-hydrogen) atoms. The van der Waals surface area contributed by atoms with Gasteiger partial charge < -0.3 is 15.0 Å². The van der Waals surface area contributed by atoms with Crippen LogP contribution in [0, 0.1) is 18.6 Å². The molecule has 0 aliphatic rings. The van der Waals surface area contributed by atoms with Crippen LogP contribution in [0.1, 0.15) is 5.69 Å². The van der Waals surface area contributed by atoms with Crippen LogP contribution in [-0.2, 0) is 0 Å². The van der Waals surface area contributed by atoms with Gasteiger partial charge in [0.15, 0.2) is 23.0 Å². The molecule has 6 rings (SSSR count). The van der Waals surface area contributed by atoms with Crippen LogP contribution in [0.25, 0.3) is 27.6 Å². The molecule has 3 N–H and O–H groups in total. The van der Waals surface area contributed by atoms with Crippen LogP contribution in [0.2, 0.25) is 0 Å². The molecular formula is C27H18F2N6O3. The Morgan fingerprint density at radius 2 is 1.68 bits per heavy atom. The molecule has 0 fully saturated rings. The molecule has 0 saturated carbocycles. The molecule has 6 aromatic rings. The molecule has 11 heteroatoms. The fourth-order valence-electron chi connectivity index (χ4n) is 4.30. The van der Waals surface area contributed by atoms with Crippen LogP contribution in [0.4, 0.5) is 20.3 Å². The van der Waals surface area contributed by atoms with Crippen molar-refractivity contribution in [3.05, 3.63) is 111 Å². The Morgan fingerprint density at radius 3 is 2.47 bits per heavy atom. The summed E-state index contributed by atoms with van der Waals surface area (Å²) < 4.78 is 35.6. The van der Waals surface area contributed by atoms with Crippen molar-refractivity contribution in [2.75, 3.05) is 5.32 Å². The molecule has 0 radical (unpaired) electrons. The highest BCUT2D eigenvalue weighted by molar-refractivity contribution is 5.93. The minimum Gasteiger partial charge on any atom is -0.452 e. The van der Waals surface area contributed by atoms with Gasteiger partial charge in [-0.2, -0.15) is 0 Å². The van der Waals surface area contributed by atoms with Crippen LogP contribution in [-0.4, -0.2) is 24.5 Å². The second-order valence-electron chi connectivity index (χ2n) is 8.51. The topological polar surface area (TPSA) is 118 Å². The summed E-state index contributed by atoms with van der Waals surface area (Å²) >= 11 is 0. The third-order valence-electron chi connectivity index (χ3n) is 6.00. The van der Waals surface area contributed by atoms with Crippen molar-refractivity contribution in [2.45, 2.75) is 6.92 Å². The molecule has 2 aromatic carbocycles. The number of imidazole rings is 1. The van der Waals surface area contributed by atoms with Crippen molar-refractivity contribution >= 4 is 33.4 Å². The third kappa shape index (κ3) is 4.05. The predicted octanol–water partition coefficient (Wildman–Crippen LogP) is 5.07. The zero-order chi connectivity index (χ0) is 26.4. The number of H-pyrrole nitrogens is 2. The van der Waals surface area contributed by atoms with E-state index in [4.69, 9.17) is 4.74 Å². The minimum atomic E-state index is -0.683. The number of pyridine rings is 3. The maximum Gasteiger partial charge on any atom is 0.325 e. The molecule has 9 nitrogen and oxygen atoms in total. The van der Waals surface area contributed by atoms with Crippen molar-refractivity contribution in [1.82, 2.24) is 24.5 Å². The summed E-state index contributed by atoms with van der Waals surface area (Å²) in [5.74, 6) is -0.714. The number of ether oxygens (including phenoxy) is 1. The van der Waals surface area contributed by atoms with E-state index < -0.39 is 17.3 Å². The zero-order valence-corrected chi connectivity index (χ0v) is 19.8. The lowest BCUT2D eigenvalue weighted by Crippen LogP contribution is -2.21. The number of aromatic nitrogens is 5. The highest BCUT2D eigenvalue weighted by atomic mass is 19.1. The Labute approximate surface area is 212 Å². The maximum atomic E-state index is 15.0. The van der Waals surface area contributed by atoms with E-state index in [2.05, 4.69) is 25.3 Å². The number of anilines is 2. The van der Waals surface area contributed by atoms with Gasteiger partial charge in [0.2, 0.25) is 0 Å². The molecule has 0 unspecified atom stereocenters. The Hall–Kier alpha value is -5.32. The van der Waals surface area contributed by atoms with E-state index in [0.29, 0.717) is 33.4 Å². The van der Waals surface area contributed by atoms with E-state index in [9.17, 15) is 14.0 Å². The van der Waals surface area contributed by atoms with E-state index in [0.717, 1.165) is 0 Å². The molecule has 0 atom stereocenters. The van der Waals surface area contributed by atoms with Gasteiger partial charge >= 0.3 is 5.69 Å². The molecule has 4 aromatic heterocycles. The molecule has 0 amide bonds. The summed E-state index contributed by atoms with van der Waals surface area (Å²) in [5.41, 5.74) is 1.28. The molecule has 0 bridgehead atoms. The minimum absolute atomic E-state index is 0.0785. The lowest BCUT2D eigenvalue weighted by atomic mass is 10.1. The summed E-state index contributed by atoms with van der Waals surface area (Å²) in [6.07, 6.45) is 2.98. The van der Waals surface area contributed by atoms with E-state index in [1.54, 1.807) is 25.3 Å². The Kier molecular flexibility index (Phi) is 5.45. The van der Waals surface area contributed by atoms with E-state index in [1.165, 1.54) is 53.2 Å². The highest BCUT2D eigenvalue weighted by Crippen LogP contribution is 2.31. The molecule has 0 spiro atoms. The Morgan fingerprint density at radius 1 is 0.895 bits per heavy atom. The molecule has 0 aliphatic carbocycles. The summed E-state index contributed by atoms with van der Waals surface area (Å²) in [5, 5.41) is 3.95. The summed E-state index contributed by atoms with van der Waals surface area (Å²) in [4.78, 5) is 38.6. The fraction of sp³-hybridized carbons (Fsp3) is 0.0370. The van der Waals surface area contributed by atoms with E-state index >= 15 is 4.39 Å². The van der Waals surface area contributed by atoms with Gasteiger partial charge in [0, 0.05) is 41.6 Å².